The number of benzene rings is 9. The number of rotatable bonds is 4. The fourth-order valence-electron chi connectivity index (χ4n) is 9.28. The number of fused-ring (bicyclic) bond motifs is 5. The van der Waals surface area contributed by atoms with E-state index < -0.39 is 0 Å². The molecule has 0 amide bonds. The second-order valence-corrected chi connectivity index (χ2v) is 15.2. The Bertz CT molecular complexity index is 2720. The average Bonchev–Trinajstić information content (AvgIpc) is 3.34. The lowest BCUT2D eigenvalue weighted by molar-refractivity contribution is 0.648. The standard InChI is InChI=1S/C49H38/c1-29(2)25-30-26-32-18-17-31-19-23-42(41-24-21-33(27-30)45(32)47(31)41)48-39-14-7-5-12-37(39)46(38-13-6-8-15-40(38)48)34-20-22-36-35-11-9-10-16-43(35)49(3,4)44(36)28-34/h5-24,26-29H,25H2,1-4H3. The lowest BCUT2D eigenvalue weighted by Gasteiger charge is -2.23. The van der Waals surface area contributed by atoms with Crippen molar-refractivity contribution in [2.24, 2.45) is 5.92 Å². The van der Waals surface area contributed by atoms with Gasteiger partial charge < -0.3 is 0 Å². The molecule has 0 radical (unpaired) electrons. The zero-order valence-electron chi connectivity index (χ0n) is 28.6. The highest BCUT2D eigenvalue weighted by Crippen LogP contribution is 2.52. The van der Waals surface area contributed by atoms with E-state index in [4.69, 9.17) is 0 Å². The molecule has 0 bridgehead atoms. The molecule has 0 saturated carbocycles. The van der Waals surface area contributed by atoms with Gasteiger partial charge >= 0.3 is 0 Å². The minimum Gasteiger partial charge on any atom is -0.0625 e. The maximum absolute atomic E-state index is 2.48. The van der Waals surface area contributed by atoms with E-state index in [0.717, 1.165) is 6.42 Å². The van der Waals surface area contributed by atoms with Crippen molar-refractivity contribution in [2.75, 3.05) is 0 Å². The van der Waals surface area contributed by atoms with Crippen molar-refractivity contribution >= 4 is 53.9 Å². The van der Waals surface area contributed by atoms with Crippen LogP contribution in [-0.4, -0.2) is 0 Å². The van der Waals surface area contributed by atoms with Crippen LogP contribution < -0.4 is 0 Å². The van der Waals surface area contributed by atoms with E-state index in [0.29, 0.717) is 5.92 Å². The minimum absolute atomic E-state index is 0.0508. The lowest BCUT2D eigenvalue weighted by Crippen LogP contribution is -2.14. The van der Waals surface area contributed by atoms with Crippen LogP contribution in [0, 0.1) is 5.92 Å². The molecule has 9 aromatic carbocycles. The second-order valence-electron chi connectivity index (χ2n) is 15.2. The van der Waals surface area contributed by atoms with Gasteiger partial charge in [-0.25, -0.2) is 0 Å². The summed E-state index contributed by atoms with van der Waals surface area (Å²) >= 11 is 0. The van der Waals surface area contributed by atoms with Crippen LogP contribution >= 0.6 is 0 Å². The van der Waals surface area contributed by atoms with Crippen molar-refractivity contribution in [3.05, 3.63) is 156 Å². The summed E-state index contributed by atoms with van der Waals surface area (Å²) in [5, 5.41) is 13.3. The molecule has 234 valence electrons. The molecule has 0 aliphatic heterocycles. The molecule has 0 heterocycles. The van der Waals surface area contributed by atoms with E-state index in [1.165, 1.54) is 104 Å². The highest BCUT2D eigenvalue weighted by molar-refractivity contribution is 6.29. The highest BCUT2D eigenvalue weighted by Gasteiger charge is 2.35. The van der Waals surface area contributed by atoms with Crippen molar-refractivity contribution in [1.29, 1.82) is 0 Å². The van der Waals surface area contributed by atoms with Crippen LogP contribution in [0.3, 0.4) is 0 Å². The molecule has 10 rings (SSSR count). The molecule has 0 atom stereocenters. The lowest BCUT2D eigenvalue weighted by atomic mass is 9.80. The van der Waals surface area contributed by atoms with E-state index in [1.54, 1.807) is 0 Å². The zero-order valence-corrected chi connectivity index (χ0v) is 28.6. The van der Waals surface area contributed by atoms with Crippen molar-refractivity contribution in [3.63, 3.8) is 0 Å². The van der Waals surface area contributed by atoms with Gasteiger partial charge in [-0.2, -0.15) is 0 Å². The number of hydrogen-bond donors (Lipinski definition) is 0. The van der Waals surface area contributed by atoms with Gasteiger partial charge in [0, 0.05) is 5.41 Å². The van der Waals surface area contributed by atoms with Gasteiger partial charge in [0.1, 0.15) is 0 Å². The smallest absolute Gasteiger partial charge is 0.0159 e. The molecule has 0 aromatic heterocycles. The summed E-state index contributed by atoms with van der Waals surface area (Å²) in [6.45, 7) is 9.36. The Morgan fingerprint density at radius 3 is 1.69 bits per heavy atom. The first-order valence-corrected chi connectivity index (χ1v) is 17.8. The fourth-order valence-corrected chi connectivity index (χ4v) is 9.28. The van der Waals surface area contributed by atoms with Crippen molar-refractivity contribution in [2.45, 2.75) is 39.5 Å². The molecule has 9 aromatic rings. The van der Waals surface area contributed by atoms with Gasteiger partial charge in [0.2, 0.25) is 0 Å². The maximum Gasteiger partial charge on any atom is 0.0159 e. The Balaban J connectivity index is 1.26. The van der Waals surface area contributed by atoms with Crippen LogP contribution in [0.25, 0.3) is 87.2 Å². The van der Waals surface area contributed by atoms with Crippen LogP contribution in [0.15, 0.2) is 140 Å². The SMILES string of the molecule is CC(C)Cc1cc2ccc3ccc(-c4c5ccccc5c(-c5ccc6c(c5)C(C)(C)c5ccccc5-6)c5ccccc45)c4ccc(c1)c2c34. The predicted molar refractivity (Wildman–Crippen MR) is 212 cm³/mol. The van der Waals surface area contributed by atoms with E-state index in [-0.39, 0.29) is 5.41 Å². The molecule has 0 N–H and O–H groups in total. The molecule has 0 unspecified atom stereocenters. The van der Waals surface area contributed by atoms with Crippen molar-refractivity contribution < 1.29 is 0 Å². The highest BCUT2D eigenvalue weighted by atomic mass is 14.4. The zero-order chi connectivity index (χ0) is 33.0. The van der Waals surface area contributed by atoms with Gasteiger partial charge in [0.15, 0.2) is 0 Å². The van der Waals surface area contributed by atoms with E-state index in [2.05, 4.69) is 167 Å². The van der Waals surface area contributed by atoms with Crippen LogP contribution in [0.5, 0.6) is 0 Å². The summed E-state index contributed by atoms with van der Waals surface area (Å²) in [5.74, 6) is 0.629. The van der Waals surface area contributed by atoms with Gasteiger partial charge in [-0.05, 0) is 122 Å². The fraction of sp³-hybridized carbons (Fsp3) is 0.143. The monoisotopic (exact) mass is 626 g/mol. The molecule has 0 nitrogen and oxygen atoms in total. The van der Waals surface area contributed by atoms with Crippen LogP contribution in [-0.2, 0) is 11.8 Å². The second kappa shape index (κ2) is 10.3. The molecule has 49 heavy (non-hydrogen) atoms. The summed E-state index contributed by atoms with van der Waals surface area (Å²) in [6, 6.07) is 53.2. The average molecular weight is 627 g/mol. The van der Waals surface area contributed by atoms with Gasteiger partial charge in [-0.3, -0.25) is 0 Å². The van der Waals surface area contributed by atoms with Crippen LogP contribution in [0.1, 0.15) is 44.4 Å². The largest absolute Gasteiger partial charge is 0.0625 e. The first kappa shape index (κ1) is 28.5. The van der Waals surface area contributed by atoms with Gasteiger partial charge in [-0.1, -0.05) is 161 Å². The Morgan fingerprint density at radius 1 is 0.449 bits per heavy atom. The van der Waals surface area contributed by atoms with Gasteiger partial charge in [-0.15, -0.1) is 0 Å². The maximum atomic E-state index is 2.48. The normalized spacial score (nSPS) is 13.7. The van der Waals surface area contributed by atoms with Crippen molar-refractivity contribution in [3.8, 4) is 33.4 Å². The molecule has 1 aliphatic rings. The summed E-state index contributed by atoms with van der Waals surface area (Å²) < 4.78 is 0. The van der Waals surface area contributed by atoms with Gasteiger partial charge in [0.25, 0.3) is 0 Å². The Kier molecular flexibility index (Phi) is 5.98. The first-order valence-electron chi connectivity index (χ1n) is 17.8. The molecular weight excluding hydrogens is 589 g/mol. The van der Waals surface area contributed by atoms with Gasteiger partial charge in [0.05, 0.1) is 0 Å². The molecule has 0 saturated heterocycles. The van der Waals surface area contributed by atoms with Crippen LogP contribution in [0.4, 0.5) is 0 Å². The molecule has 0 fully saturated rings. The third-order valence-corrected chi connectivity index (χ3v) is 11.4. The molecular formula is C49H38. The predicted octanol–water partition coefficient (Wildman–Crippen LogP) is 13.7. The first-order chi connectivity index (χ1) is 23.9. The third-order valence-electron chi connectivity index (χ3n) is 11.4. The quantitative estimate of drug-likeness (QED) is 0.135. The Labute approximate surface area is 288 Å². The van der Waals surface area contributed by atoms with Crippen molar-refractivity contribution in [1.82, 2.24) is 0 Å². The Hall–Kier alpha value is -5.46. The summed E-state index contributed by atoms with van der Waals surface area (Å²) in [7, 11) is 0. The molecule has 0 heteroatoms. The van der Waals surface area contributed by atoms with E-state index in [1.807, 2.05) is 0 Å². The van der Waals surface area contributed by atoms with E-state index >= 15 is 0 Å². The summed E-state index contributed by atoms with van der Waals surface area (Å²) in [4.78, 5) is 0. The van der Waals surface area contributed by atoms with Crippen LogP contribution in [0.2, 0.25) is 0 Å². The Morgan fingerprint density at radius 2 is 1.00 bits per heavy atom. The summed E-state index contributed by atoms with van der Waals surface area (Å²) in [6.07, 6.45) is 1.10. The minimum atomic E-state index is -0.0508. The topological polar surface area (TPSA) is 0 Å². The third kappa shape index (κ3) is 4.04. The number of hydrogen-bond acceptors (Lipinski definition) is 0. The molecule has 0 spiro atoms. The molecule has 1 aliphatic carbocycles. The van der Waals surface area contributed by atoms with E-state index in [9.17, 15) is 0 Å². The summed E-state index contributed by atoms with van der Waals surface area (Å²) in [5.41, 5.74) is 12.1.